The summed E-state index contributed by atoms with van der Waals surface area (Å²) in [5.74, 6) is -0.660. The molecule has 0 radical (unpaired) electrons. The van der Waals surface area contributed by atoms with Gasteiger partial charge in [-0.1, -0.05) is 54.6 Å². The Bertz CT molecular complexity index is 1050. The lowest BCUT2D eigenvalue weighted by Gasteiger charge is -2.45. The Morgan fingerprint density at radius 3 is 1.57 bits per heavy atom. The number of hydrogen-bond donors (Lipinski definition) is 0. The van der Waals surface area contributed by atoms with Gasteiger partial charge in [0, 0.05) is 17.5 Å². The molecule has 1 aliphatic heterocycles. The van der Waals surface area contributed by atoms with Gasteiger partial charge in [0.15, 0.2) is 0 Å². The van der Waals surface area contributed by atoms with E-state index >= 15 is 0 Å². The lowest BCUT2D eigenvalue weighted by molar-refractivity contribution is -0.122. The molecule has 4 nitrogen and oxygen atoms in total. The van der Waals surface area contributed by atoms with Crippen molar-refractivity contribution >= 4 is 17.6 Å². The number of anilines is 1. The average Bonchev–Trinajstić information content (AvgIpc) is 2.99. The first-order valence-electron chi connectivity index (χ1n) is 9.66. The molecule has 7 rings (SSSR count). The van der Waals surface area contributed by atoms with Crippen molar-refractivity contribution in [2.24, 2.45) is 11.8 Å². The minimum Gasteiger partial charge on any atom is -0.274 e. The molecule has 1 fully saturated rings. The Morgan fingerprint density at radius 2 is 1.14 bits per heavy atom. The largest absolute Gasteiger partial charge is 0.274 e. The molecule has 0 N–H and O–H groups in total. The number of imide groups is 1. The molecule has 28 heavy (non-hydrogen) atoms. The second-order valence-corrected chi connectivity index (χ2v) is 7.91. The number of hydrogen-bond acceptors (Lipinski definition) is 3. The number of nitrogens with zero attached hydrogens (tertiary/aromatic N) is 2. The lowest BCUT2D eigenvalue weighted by atomic mass is 9.55. The van der Waals surface area contributed by atoms with Crippen molar-refractivity contribution in [3.05, 3.63) is 94.7 Å². The molecule has 2 aromatic carbocycles. The summed E-state index contributed by atoms with van der Waals surface area (Å²) in [5, 5.41) is 0. The van der Waals surface area contributed by atoms with Crippen LogP contribution >= 0.6 is 0 Å². The van der Waals surface area contributed by atoms with Crippen LogP contribution < -0.4 is 4.90 Å². The molecular formula is C24H18N2O2. The van der Waals surface area contributed by atoms with E-state index in [1.807, 2.05) is 43.3 Å². The average molecular weight is 366 g/mol. The van der Waals surface area contributed by atoms with Crippen LogP contribution in [0.3, 0.4) is 0 Å². The van der Waals surface area contributed by atoms with Crippen LogP contribution in [0, 0.1) is 18.8 Å². The predicted octanol–water partition coefficient (Wildman–Crippen LogP) is 3.79. The highest BCUT2D eigenvalue weighted by molar-refractivity contribution is 6.23. The molecule has 0 unspecified atom stereocenters. The summed E-state index contributed by atoms with van der Waals surface area (Å²) in [6.45, 7) is 1.87. The monoisotopic (exact) mass is 366 g/mol. The number of rotatable bonds is 1. The molecule has 2 heterocycles. The Hall–Kier alpha value is -3.27. The number of pyridine rings is 1. The van der Waals surface area contributed by atoms with Crippen LogP contribution in [-0.4, -0.2) is 16.8 Å². The first-order valence-corrected chi connectivity index (χ1v) is 9.66. The lowest BCUT2D eigenvalue weighted by Crippen LogP contribution is -2.41. The van der Waals surface area contributed by atoms with Crippen LogP contribution in [0.5, 0.6) is 0 Å². The number of carbonyl (C=O) groups is 2. The summed E-state index contributed by atoms with van der Waals surface area (Å²) in [6, 6.07) is 22.0. The molecule has 2 amide bonds. The zero-order valence-corrected chi connectivity index (χ0v) is 15.4. The highest BCUT2D eigenvalue weighted by Gasteiger charge is 2.61. The Kier molecular flexibility index (Phi) is 3.03. The van der Waals surface area contributed by atoms with Crippen molar-refractivity contribution in [2.75, 3.05) is 4.90 Å². The van der Waals surface area contributed by atoms with Crippen molar-refractivity contribution < 1.29 is 9.59 Å². The SMILES string of the molecule is Cc1cccc(N2C(=O)[C@@H]3C4c5ccccc5C(c5ccccc54)[C@H]3C2=O)n1. The van der Waals surface area contributed by atoms with E-state index in [1.165, 1.54) is 27.2 Å². The van der Waals surface area contributed by atoms with Crippen molar-refractivity contribution in [2.45, 2.75) is 18.8 Å². The third kappa shape index (κ3) is 1.82. The topological polar surface area (TPSA) is 50.3 Å². The van der Waals surface area contributed by atoms with Gasteiger partial charge in [-0.15, -0.1) is 0 Å². The Labute approximate surface area is 162 Å². The Balaban J connectivity index is 1.58. The van der Waals surface area contributed by atoms with Gasteiger partial charge in [0.25, 0.3) is 0 Å². The molecule has 4 aliphatic rings. The van der Waals surface area contributed by atoms with Gasteiger partial charge >= 0.3 is 0 Å². The summed E-state index contributed by atoms with van der Waals surface area (Å²) in [5.41, 5.74) is 5.54. The van der Waals surface area contributed by atoms with E-state index < -0.39 is 0 Å². The van der Waals surface area contributed by atoms with Crippen molar-refractivity contribution in [1.29, 1.82) is 0 Å². The molecule has 3 aliphatic carbocycles. The smallest absolute Gasteiger partial charge is 0.239 e. The molecule has 1 aromatic heterocycles. The molecule has 136 valence electrons. The quantitative estimate of drug-likeness (QED) is 0.616. The van der Waals surface area contributed by atoms with Crippen LogP contribution in [0.2, 0.25) is 0 Å². The zero-order valence-electron chi connectivity index (χ0n) is 15.4. The Morgan fingerprint density at radius 1 is 0.679 bits per heavy atom. The van der Waals surface area contributed by atoms with Gasteiger partial charge in [0.1, 0.15) is 5.82 Å². The molecule has 1 saturated heterocycles. The van der Waals surface area contributed by atoms with Crippen molar-refractivity contribution in [3.8, 4) is 0 Å². The zero-order chi connectivity index (χ0) is 19.0. The summed E-state index contributed by atoms with van der Waals surface area (Å²) in [7, 11) is 0. The fourth-order valence-corrected chi connectivity index (χ4v) is 5.56. The number of amides is 2. The van der Waals surface area contributed by atoms with E-state index in [0.717, 1.165) is 5.69 Å². The van der Waals surface area contributed by atoms with Gasteiger partial charge in [0.2, 0.25) is 11.8 Å². The maximum absolute atomic E-state index is 13.5. The molecule has 4 heteroatoms. The summed E-state index contributed by atoms with van der Waals surface area (Å²) < 4.78 is 0. The van der Waals surface area contributed by atoms with E-state index in [4.69, 9.17) is 0 Å². The van der Waals surface area contributed by atoms with Crippen LogP contribution in [0.1, 0.15) is 39.8 Å². The molecular weight excluding hydrogens is 348 g/mol. The normalized spacial score (nSPS) is 26.8. The molecule has 3 aromatic rings. The van der Waals surface area contributed by atoms with E-state index in [0.29, 0.717) is 5.82 Å². The van der Waals surface area contributed by atoms with Gasteiger partial charge in [-0.2, -0.15) is 0 Å². The second kappa shape index (κ2) is 5.38. The molecule has 0 spiro atoms. The van der Waals surface area contributed by atoms with E-state index in [-0.39, 0.29) is 35.5 Å². The highest BCUT2D eigenvalue weighted by Crippen LogP contribution is 2.61. The molecule has 2 bridgehead atoms. The highest BCUT2D eigenvalue weighted by atomic mass is 16.2. The third-order valence-corrected chi connectivity index (χ3v) is 6.55. The van der Waals surface area contributed by atoms with Gasteiger partial charge in [-0.3, -0.25) is 9.59 Å². The molecule has 0 saturated carbocycles. The first-order chi connectivity index (χ1) is 13.7. The van der Waals surface area contributed by atoms with Crippen LogP contribution in [0.4, 0.5) is 5.82 Å². The minimum atomic E-state index is -0.357. The van der Waals surface area contributed by atoms with E-state index in [9.17, 15) is 9.59 Å². The van der Waals surface area contributed by atoms with Gasteiger partial charge in [-0.05, 0) is 41.3 Å². The number of aromatic nitrogens is 1. The predicted molar refractivity (Wildman–Crippen MR) is 105 cm³/mol. The van der Waals surface area contributed by atoms with Crippen molar-refractivity contribution in [1.82, 2.24) is 4.98 Å². The maximum atomic E-state index is 13.5. The van der Waals surface area contributed by atoms with Gasteiger partial charge < -0.3 is 0 Å². The summed E-state index contributed by atoms with van der Waals surface area (Å²) in [6.07, 6.45) is 0. The van der Waals surface area contributed by atoms with Crippen LogP contribution in [0.25, 0.3) is 0 Å². The van der Waals surface area contributed by atoms with Crippen LogP contribution in [-0.2, 0) is 9.59 Å². The van der Waals surface area contributed by atoms with E-state index in [1.54, 1.807) is 6.07 Å². The third-order valence-electron chi connectivity index (χ3n) is 6.55. The number of carbonyl (C=O) groups excluding carboxylic acids is 2. The van der Waals surface area contributed by atoms with Gasteiger partial charge in [0.05, 0.1) is 11.8 Å². The fraction of sp³-hybridized carbons (Fsp3) is 0.208. The molecule has 2 atom stereocenters. The van der Waals surface area contributed by atoms with Crippen molar-refractivity contribution in [3.63, 3.8) is 0 Å². The second-order valence-electron chi connectivity index (χ2n) is 7.91. The number of aryl methyl sites for hydroxylation is 1. The van der Waals surface area contributed by atoms with Crippen LogP contribution in [0.15, 0.2) is 66.7 Å². The van der Waals surface area contributed by atoms with Gasteiger partial charge in [-0.25, -0.2) is 9.88 Å². The standard InChI is InChI=1S/C24H18N2O2/c1-13-7-6-12-18(25-13)26-23(27)21-19-14-8-2-3-9-15(14)20(22(21)24(26)28)17-11-5-4-10-16(17)19/h2-12,19-22H,1H3/t19?,20?,21-,22-/m1/s1. The first kappa shape index (κ1) is 15.8. The number of benzene rings is 2. The fourth-order valence-electron chi connectivity index (χ4n) is 5.56. The van der Waals surface area contributed by atoms with E-state index in [2.05, 4.69) is 29.2 Å². The summed E-state index contributed by atoms with van der Waals surface area (Å²) in [4.78, 5) is 32.9. The maximum Gasteiger partial charge on any atom is 0.239 e. The summed E-state index contributed by atoms with van der Waals surface area (Å²) >= 11 is 0. The minimum absolute atomic E-state index is 0.0753.